The minimum Gasteiger partial charge on any atom is -0.346 e. The van der Waals surface area contributed by atoms with Gasteiger partial charge in [0.15, 0.2) is 5.96 Å². The third kappa shape index (κ3) is 4.25. The summed E-state index contributed by atoms with van der Waals surface area (Å²) < 4.78 is 1.20. The largest absolute Gasteiger partial charge is 0.346 e. The first kappa shape index (κ1) is 22.0. The molecule has 0 bridgehead atoms. The lowest BCUT2D eigenvalue weighted by Crippen LogP contribution is -2.59. The van der Waals surface area contributed by atoms with E-state index in [-0.39, 0.29) is 30.7 Å². The number of guanidine groups is 1. The Hall–Kier alpha value is -3.19. The highest BCUT2D eigenvalue weighted by molar-refractivity contribution is 7.17. The molecule has 0 saturated carbocycles. The van der Waals surface area contributed by atoms with Gasteiger partial charge in [-0.3, -0.25) is 19.9 Å². The molecule has 0 spiro atoms. The average molecular weight is 449 g/mol. The van der Waals surface area contributed by atoms with Crippen LogP contribution in [-0.2, 0) is 16.9 Å². The average Bonchev–Trinajstić information content (AvgIpc) is 3.24. The number of hydrogen-bond acceptors (Lipinski definition) is 4. The number of amides is 2. The van der Waals surface area contributed by atoms with Crippen LogP contribution in [0.1, 0.15) is 48.2 Å². The first-order chi connectivity index (χ1) is 15.3. The van der Waals surface area contributed by atoms with Gasteiger partial charge in [-0.15, -0.1) is 11.3 Å². The van der Waals surface area contributed by atoms with Gasteiger partial charge < -0.3 is 10.2 Å². The molecule has 0 aliphatic carbocycles. The van der Waals surface area contributed by atoms with Crippen LogP contribution in [0.5, 0.6) is 0 Å². The minimum absolute atomic E-state index is 0.0386. The van der Waals surface area contributed by atoms with E-state index in [9.17, 15) is 9.59 Å². The number of carbonyl (C=O) groups excluding carboxylic acids is 2. The molecule has 1 saturated heterocycles. The van der Waals surface area contributed by atoms with E-state index in [0.717, 1.165) is 22.9 Å². The zero-order chi connectivity index (χ0) is 22.9. The normalized spacial score (nSPS) is 18.7. The van der Waals surface area contributed by atoms with Crippen molar-refractivity contribution in [2.24, 2.45) is 0 Å². The van der Waals surface area contributed by atoms with Crippen molar-refractivity contribution < 1.29 is 9.59 Å². The van der Waals surface area contributed by atoms with Crippen LogP contribution in [-0.4, -0.2) is 41.2 Å². The summed E-state index contributed by atoms with van der Waals surface area (Å²) in [6.07, 6.45) is 1.15. The summed E-state index contributed by atoms with van der Waals surface area (Å²) in [5.41, 5.74) is 1.77. The quantitative estimate of drug-likeness (QED) is 0.581. The van der Waals surface area contributed by atoms with Gasteiger partial charge in [0.25, 0.3) is 5.91 Å². The van der Waals surface area contributed by atoms with E-state index >= 15 is 0 Å². The second-order valence-corrected chi connectivity index (χ2v) is 9.51. The van der Waals surface area contributed by atoms with Gasteiger partial charge in [0, 0.05) is 23.9 Å². The fraction of sp³-hybridized carbons (Fsp3) is 0.320. The van der Waals surface area contributed by atoms with Gasteiger partial charge >= 0.3 is 0 Å². The lowest BCUT2D eigenvalue weighted by atomic mass is 9.86. The number of hydrogen-bond donors (Lipinski definition) is 2. The Kier molecular flexibility index (Phi) is 6.02. The van der Waals surface area contributed by atoms with Gasteiger partial charge in [-0.25, -0.2) is 0 Å². The molecular weight excluding hydrogens is 420 g/mol. The van der Waals surface area contributed by atoms with Gasteiger partial charge in [0.2, 0.25) is 5.91 Å². The summed E-state index contributed by atoms with van der Waals surface area (Å²) in [6.45, 7) is 4.95. The summed E-state index contributed by atoms with van der Waals surface area (Å²) in [4.78, 5) is 28.9. The Morgan fingerprint density at radius 1 is 1.25 bits per heavy atom. The van der Waals surface area contributed by atoms with Crippen LogP contribution in [0.15, 0.2) is 53.9 Å². The Labute approximate surface area is 192 Å². The molecule has 1 aromatic heterocycles. The molecule has 2 amide bonds. The zero-order valence-corrected chi connectivity index (χ0v) is 19.5. The van der Waals surface area contributed by atoms with Crippen molar-refractivity contribution in [1.82, 2.24) is 15.1 Å². The van der Waals surface area contributed by atoms with Crippen molar-refractivity contribution in [3.8, 4) is 0 Å². The van der Waals surface area contributed by atoms with Crippen LogP contribution in [0.3, 0.4) is 0 Å². The summed E-state index contributed by atoms with van der Waals surface area (Å²) in [7, 11) is 1.79. The lowest BCUT2D eigenvalue weighted by molar-refractivity contribution is -0.131. The van der Waals surface area contributed by atoms with E-state index in [0.29, 0.717) is 12.1 Å². The molecule has 3 aromatic rings. The summed E-state index contributed by atoms with van der Waals surface area (Å²) in [5.74, 6) is -0.0706. The minimum atomic E-state index is -0.637. The predicted octanol–water partition coefficient (Wildman–Crippen LogP) is 4.56. The van der Waals surface area contributed by atoms with Gasteiger partial charge in [-0.05, 0) is 65.6 Å². The molecule has 2 aromatic carbocycles. The molecule has 32 heavy (non-hydrogen) atoms. The van der Waals surface area contributed by atoms with Crippen LogP contribution in [0.2, 0.25) is 0 Å². The third-order valence-electron chi connectivity index (χ3n) is 5.98. The van der Waals surface area contributed by atoms with Crippen LogP contribution in [0.25, 0.3) is 10.1 Å². The second kappa shape index (κ2) is 8.74. The number of benzene rings is 2. The smallest absolute Gasteiger partial charge is 0.253 e. The maximum absolute atomic E-state index is 13.1. The highest BCUT2D eigenvalue weighted by Crippen LogP contribution is 2.33. The molecule has 4 rings (SSSR count). The van der Waals surface area contributed by atoms with Crippen molar-refractivity contribution in [3.05, 3.63) is 70.6 Å². The molecule has 1 atom stereocenters. The summed E-state index contributed by atoms with van der Waals surface area (Å²) in [5, 5.41) is 15.0. The number of rotatable bonds is 6. The third-order valence-corrected chi connectivity index (χ3v) is 6.88. The fourth-order valence-electron chi connectivity index (χ4n) is 4.19. The Balaban J connectivity index is 1.51. The van der Waals surface area contributed by atoms with Gasteiger partial charge in [-0.1, -0.05) is 25.1 Å². The van der Waals surface area contributed by atoms with E-state index in [4.69, 9.17) is 5.41 Å². The molecule has 6 nitrogen and oxygen atoms in total. The van der Waals surface area contributed by atoms with Crippen molar-refractivity contribution in [3.63, 3.8) is 0 Å². The van der Waals surface area contributed by atoms with Crippen LogP contribution < -0.4 is 5.32 Å². The number of fused-ring (bicyclic) bond motifs is 1. The Bertz CT molecular complexity index is 1170. The summed E-state index contributed by atoms with van der Waals surface area (Å²) in [6, 6.07) is 15.6. The van der Waals surface area contributed by atoms with E-state index in [1.54, 1.807) is 29.4 Å². The predicted molar refractivity (Wildman–Crippen MR) is 129 cm³/mol. The highest BCUT2D eigenvalue weighted by atomic mass is 32.1. The molecular formula is C25H28N4O2S. The Morgan fingerprint density at radius 2 is 2.06 bits per heavy atom. The number of nitrogens with zero attached hydrogens (tertiary/aromatic N) is 2. The van der Waals surface area contributed by atoms with Crippen LogP contribution >= 0.6 is 11.3 Å². The molecule has 1 aliphatic heterocycles. The van der Waals surface area contributed by atoms with E-state index in [2.05, 4.69) is 28.9 Å². The molecule has 1 fully saturated rings. The SMILES string of the molecule is CCCN(C)C(=O)c1cccc(CN2C(=N)NC(C)(c3ccc4sccc4c3)CC2=O)c1. The zero-order valence-electron chi connectivity index (χ0n) is 18.6. The monoisotopic (exact) mass is 448 g/mol. The molecule has 0 radical (unpaired) electrons. The number of thiophene rings is 1. The molecule has 7 heteroatoms. The molecule has 1 unspecified atom stereocenters. The van der Waals surface area contributed by atoms with E-state index < -0.39 is 5.54 Å². The van der Waals surface area contributed by atoms with Gasteiger partial charge in [0.1, 0.15) is 0 Å². The van der Waals surface area contributed by atoms with Gasteiger partial charge in [-0.2, -0.15) is 0 Å². The second-order valence-electron chi connectivity index (χ2n) is 8.56. The molecule has 2 heterocycles. The number of nitrogens with one attached hydrogen (secondary N) is 2. The molecule has 166 valence electrons. The Morgan fingerprint density at radius 3 is 2.81 bits per heavy atom. The van der Waals surface area contributed by atoms with Crippen LogP contribution in [0, 0.1) is 5.41 Å². The standard InChI is InChI=1S/C25H28N4O2S/c1-4-11-28(3)23(31)19-7-5-6-17(13-19)16-29-22(30)15-25(2,27-24(29)26)20-8-9-21-18(14-20)10-12-32-21/h5-10,12-14H,4,11,15-16H2,1-3H3,(H2,26,27). The van der Waals surface area contributed by atoms with Crippen molar-refractivity contribution in [1.29, 1.82) is 5.41 Å². The van der Waals surface area contributed by atoms with Gasteiger partial charge in [0.05, 0.1) is 18.5 Å². The molecule has 2 N–H and O–H groups in total. The molecule has 1 aliphatic rings. The first-order valence-electron chi connectivity index (χ1n) is 10.8. The van der Waals surface area contributed by atoms with Crippen molar-refractivity contribution in [2.45, 2.75) is 38.8 Å². The number of carbonyl (C=O) groups is 2. The highest BCUT2D eigenvalue weighted by Gasteiger charge is 2.39. The lowest BCUT2D eigenvalue weighted by Gasteiger charge is -2.41. The van der Waals surface area contributed by atoms with E-state index in [1.807, 2.05) is 38.1 Å². The van der Waals surface area contributed by atoms with Crippen molar-refractivity contribution in [2.75, 3.05) is 13.6 Å². The maximum Gasteiger partial charge on any atom is 0.253 e. The fourth-order valence-corrected chi connectivity index (χ4v) is 4.96. The topological polar surface area (TPSA) is 76.5 Å². The van der Waals surface area contributed by atoms with Crippen LogP contribution in [0.4, 0.5) is 0 Å². The van der Waals surface area contributed by atoms with E-state index in [1.165, 1.54) is 9.60 Å². The maximum atomic E-state index is 13.1. The first-order valence-corrected chi connectivity index (χ1v) is 11.7. The van der Waals surface area contributed by atoms with Crippen molar-refractivity contribution >= 4 is 39.2 Å². The summed E-state index contributed by atoms with van der Waals surface area (Å²) >= 11 is 1.69.